The zero-order valence-electron chi connectivity index (χ0n) is 14.7. The lowest BCUT2D eigenvalue weighted by Gasteiger charge is -2.43. The normalized spacial score (nSPS) is 24.3. The quantitative estimate of drug-likeness (QED) is 0.827. The minimum Gasteiger partial charge on any atom is -0.391 e. The fourth-order valence-electron chi connectivity index (χ4n) is 4.03. The molecule has 2 saturated heterocycles. The number of nitrogens with one attached hydrogen (secondary N) is 1. The molecule has 6 heteroatoms. The van der Waals surface area contributed by atoms with Crippen molar-refractivity contribution in [3.05, 3.63) is 60.2 Å². The first kappa shape index (κ1) is 17.1. The Morgan fingerprint density at radius 3 is 2.69 bits per heavy atom. The van der Waals surface area contributed by atoms with Crippen molar-refractivity contribution in [1.82, 2.24) is 20.2 Å². The van der Waals surface area contributed by atoms with Crippen LogP contribution in [0.15, 0.2) is 48.9 Å². The van der Waals surface area contributed by atoms with Crippen LogP contribution in [0.4, 0.5) is 0 Å². The number of likely N-dealkylation sites (tertiary alicyclic amines) is 1. The number of amides is 1. The van der Waals surface area contributed by atoms with Crippen LogP contribution in [0.5, 0.6) is 0 Å². The fraction of sp³-hybridized carbons (Fsp3) is 0.450. The highest BCUT2D eigenvalue weighted by molar-refractivity contribution is 5.85. The van der Waals surface area contributed by atoms with E-state index in [0.717, 1.165) is 12.1 Å². The Kier molecular flexibility index (Phi) is 4.70. The van der Waals surface area contributed by atoms with E-state index in [1.807, 2.05) is 23.1 Å². The van der Waals surface area contributed by atoms with Crippen molar-refractivity contribution < 1.29 is 9.90 Å². The molecule has 2 aliphatic heterocycles. The highest BCUT2D eigenvalue weighted by Crippen LogP contribution is 2.33. The van der Waals surface area contributed by atoms with Gasteiger partial charge in [0.1, 0.15) is 0 Å². The van der Waals surface area contributed by atoms with E-state index < -0.39 is 6.10 Å². The van der Waals surface area contributed by atoms with Gasteiger partial charge in [-0.1, -0.05) is 30.3 Å². The summed E-state index contributed by atoms with van der Waals surface area (Å²) in [5.41, 5.74) is 1.65. The number of aliphatic hydroxyl groups is 1. The molecule has 0 spiro atoms. The van der Waals surface area contributed by atoms with Gasteiger partial charge >= 0.3 is 0 Å². The smallest absolute Gasteiger partial charge is 0.231 e. The van der Waals surface area contributed by atoms with E-state index in [4.69, 9.17) is 0 Å². The largest absolute Gasteiger partial charge is 0.391 e. The summed E-state index contributed by atoms with van der Waals surface area (Å²) in [7, 11) is 0. The Balaban J connectivity index is 1.44. The molecule has 0 radical (unpaired) electrons. The minimum atomic E-state index is -0.511. The summed E-state index contributed by atoms with van der Waals surface area (Å²) in [4.78, 5) is 23.5. The maximum Gasteiger partial charge on any atom is 0.231 e. The van der Waals surface area contributed by atoms with Gasteiger partial charge in [-0.15, -0.1) is 0 Å². The zero-order valence-corrected chi connectivity index (χ0v) is 14.7. The first-order valence-corrected chi connectivity index (χ1v) is 9.13. The second-order valence-electron chi connectivity index (χ2n) is 7.48. The predicted octanol–water partition coefficient (Wildman–Crippen LogP) is 0.671. The average molecular weight is 352 g/mol. The Morgan fingerprint density at radius 2 is 2.04 bits per heavy atom. The average Bonchev–Trinajstić information content (AvgIpc) is 3.00. The van der Waals surface area contributed by atoms with Crippen LogP contribution in [0, 0.1) is 11.3 Å². The summed E-state index contributed by atoms with van der Waals surface area (Å²) in [6.07, 6.45) is 5.89. The van der Waals surface area contributed by atoms with Gasteiger partial charge in [-0.25, -0.2) is 0 Å². The molecule has 1 aromatic heterocycles. The number of rotatable bonds is 5. The summed E-state index contributed by atoms with van der Waals surface area (Å²) in [6, 6.07) is 10.2. The first-order chi connectivity index (χ1) is 12.7. The second-order valence-corrected chi connectivity index (χ2v) is 7.48. The summed E-state index contributed by atoms with van der Waals surface area (Å²) in [6.45, 7) is 2.37. The summed E-state index contributed by atoms with van der Waals surface area (Å²) in [5.74, 6) is 0.165. The number of β-amino-alcohol motifs (C(OH)–C–C–N with tert-alkyl or cyclic N) is 1. The molecule has 4 rings (SSSR count). The van der Waals surface area contributed by atoms with Crippen molar-refractivity contribution in [2.24, 2.45) is 11.3 Å². The second kappa shape index (κ2) is 7.13. The monoisotopic (exact) mass is 352 g/mol. The third-order valence-corrected chi connectivity index (χ3v) is 5.55. The van der Waals surface area contributed by atoms with Gasteiger partial charge < -0.3 is 15.3 Å². The molecule has 0 aliphatic carbocycles. The fourth-order valence-corrected chi connectivity index (χ4v) is 4.03. The third kappa shape index (κ3) is 3.34. The third-order valence-electron chi connectivity index (χ3n) is 5.55. The van der Waals surface area contributed by atoms with Crippen LogP contribution in [0.3, 0.4) is 0 Å². The Hall–Kier alpha value is -2.31. The molecule has 2 N–H and O–H groups in total. The van der Waals surface area contributed by atoms with Gasteiger partial charge in [0.25, 0.3) is 0 Å². The number of aromatic nitrogens is 2. The maximum absolute atomic E-state index is 13.2. The van der Waals surface area contributed by atoms with Crippen molar-refractivity contribution in [1.29, 1.82) is 0 Å². The molecule has 0 bridgehead atoms. The van der Waals surface area contributed by atoms with Crippen molar-refractivity contribution in [3.63, 3.8) is 0 Å². The van der Waals surface area contributed by atoms with Crippen LogP contribution < -0.4 is 5.32 Å². The van der Waals surface area contributed by atoms with Crippen molar-refractivity contribution in [3.8, 4) is 0 Å². The van der Waals surface area contributed by atoms with Gasteiger partial charge in [0.05, 0.1) is 17.2 Å². The van der Waals surface area contributed by atoms with Crippen molar-refractivity contribution in [2.75, 3.05) is 26.2 Å². The molecule has 3 heterocycles. The van der Waals surface area contributed by atoms with E-state index in [1.54, 1.807) is 18.6 Å². The number of nitrogens with zero attached hydrogens (tertiary/aromatic N) is 3. The number of hydrogen-bond donors (Lipinski definition) is 2. The topological polar surface area (TPSA) is 78.4 Å². The van der Waals surface area contributed by atoms with E-state index in [1.165, 1.54) is 5.56 Å². The summed E-state index contributed by atoms with van der Waals surface area (Å²) >= 11 is 0. The Bertz CT molecular complexity index is 749. The van der Waals surface area contributed by atoms with Gasteiger partial charge in [0.15, 0.2) is 0 Å². The van der Waals surface area contributed by atoms with Crippen LogP contribution in [0.2, 0.25) is 0 Å². The van der Waals surface area contributed by atoms with Crippen LogP contribution in [-0.2, 0) is 17.6 Å². The molecule has 1 amide bonds. The molecule has 0 saturated carbocycles. The number of aliphatic hydroxyl groups excluding tert-OH is 1. The molecule has 2 fully saturated rings. The van der Waals surface area contributed by atoms with E-state index >= 15 is 0 Å². The zero-order chi connectivity index (χ0) is 18.0. The van der Waals surface area contributed by atoms with E-state index in [0.29, 0.717) is 32.6 Å². The maximum atomic E-state index is 13.2. The van der Waals surface area contributed by atoms with Gasteiger partial charge in [-0.05, 0) is 18.4 Å². The molecule has 136 valence electrons. The van der Waals surface area contributed by atoms with Crippen LogP contribution in [0.1, 0.15) is 11.3 Å². The molecule has 2 atom stereocenters. The standard InChI is InChI=1S/C20H24N4O2/c25-18-12-24(11-16(18)8-17-10-21-6-7-23-17)19(26)20(13-22-14-20)9-15-4-2-1-3-5-15/h1-7,10,16,18,22,25H,8-9,11-14H2/t16-,18-/m1/s1. The van der Waals surface area contributed by atoms with Gasteiger partial charge in [0, 0.05) is 50.7 Å². The van der Waals surface area contributed by atoms with Crippen LogP contribution >= 0.6 is 0 Å². The molecular formula is C20H24N4O2. The molecule has 1 aromatic carbocycles. The van der Waals surface area contributed by atoms with Gasteiger partial charge in [0.2, 0.25) is 5.91 Å². The van der Waals surface area contributed by atoms with Crippen molar-refractivity contribution in [2.45, 2.75) is 18.9 Å². The molecule has 26 heavy (non-hydrogen) atoms. The van der Waals surface area contributed by atoms with Crippen LogP contribution in [-0.4, -0.2) is 58.2 Å². The van der Waals surface area contributed by atoms with E-state index in [9.17, 15) is 9.90 Å². The lowest BCUT2D eigenvalue weighted by Crippen LogP contribution is -2.63. The molecule has 0 unspecified atom stereocenters. The molecule has 2 aliphatic rings. The molecule has 2 aromatic rings. The summed E-state index contributed by atoms with van der Waals surface area (Å²) < 4.78 is 0. The Morgan fingerprint density at radius 1 is 1.23 bits per heavy atom. The Labute approximate surface area is 153 Å². The molecule has 6 nitrogen and oxygen atoms in total. The SMILES string of the molecule is O=C(N1C[C@@H](Cc2cnccn2)[C@H](O)C1)C1(Cc2ccccc2)CNC1. The number of hydrogen-bond acceptors (Lipinski definition) is 5. The number of carbonyl (C=O) groups excluding carboxylic acids is 1. The first-order valence-electron chi connectivity index (χ1n) is 9.13. The highest BCUT2D eigenvalue weighted by Gasteiger charge is 2.48. The van der Waals surface area contributed by atoms with E-state index in [2.05, 4.69) is 27.4 Å². The van der Waals surface area contributed by atoms with Crippen LogP contribution in [0.25, 0.3) is 0 Å². The molecular weight excluding hydrogens is 328 g/mol. The van der Waals surface area contributed by atoms with Gasteiger partial charge in [-0.2, -0.15) is 0 Å². The van der Waals surface area contributed by atoms with E-state index in [-0.39, 0.29) is 17.2 Å². The van der Waals surface area contributed by atoms with Gasteiger partial charge in [-0.3, -0.25) is 14.8 Å². The predicted molar refractivity (Wildman–Crippen MR) is 97.3 cm³/mol. The lowest BCUT2D eigenvalue weighted by molar-refractivity contribution is -0.144. The number of carbonyl (C=O) groups is 1. The highest BCUT2D eigenvalue weighted by atomic mass is 16.3. The minimum absolute atomic E-state index is 0.0115. The summed E-state index contributed by atoms with van der Waals surface area (Å²) in [5, 5.41) is 13.7. The van der Waals surface area contributed by atoms with Crippen molar-refractivity contribution >= 4 is 5.91 Å². The lowest BCUT2D eigenvalue weighted by atomic mass is 9.75. The number of benzene rings is 1.